The molecule has 3 rings (SSSR count). The van der Waals surface area contributed by atoms with Gasteiger partial charge in [0.1, 0.15) is 5.00 Å². The van der Waals surface area contributed by atoms with E-state index in [2.05, 4.69) is 31.4 Å². The summed E-state index contributed by atoms with van der Waals surface area (Å²) in [6, 6.07) is -0.354. The number of amides is 2. The summed E-state index contributed by atoms with van der Waals surface area (Å²) in [5, 5.41) is 6.52. The smallest absolute Gasteiger partial charge is 0.254 e. The van der Waals surface area contributed by atoms with Crippen molar-refractivity contribution < 1.29 is 18.0 Å². The minimum Gasteiger partial charge on any atom is -0.348 e. The number of rotatable bonds is 6. The van der Waals surface area contributed by atoms with Gasteiger partial charge in [0.2, 0.25) is 5.91 Å². The zero-order valence-corrected chi connectivity index (χ0v) is 20.1. The molecule has 2 heterocycles. The second kappa shape index (κ2) is 8.99. The van der Waals surface area contributed by atoms with Crippen molar-refractivity contribution in [1.82, 2.24) is 5.32 Å². The Hall–Kier alpha value is -1.41. The molecule has 1 aliphatic heterocycles. The quantitative estimate of drug-likeness (QED) is 0.681. The maximum absolute atomic E-state index is 13.2. The molecule has 0 aromatic carbocycles. The lowest BCUT2D eigenvalue weighted by molar-refractivity contribution is -0.116. The van der Waals surface area contributed by atoms with Crippen molar-refractivity contribution in [2.45, 2.75) is 78.7 Å². The van der Waals surface area contributed by atoms with Gasteiger partial charge in [-0.2, -0.15) is 0 Å². The van der Waals surface area contributed by atoms with Crippen molar-refractivity contribution in [3.63, 3.8) is 0 Å². The summed E-state index contributed by atoms with van der Waals surface area (Å²) in [5.41, 5.74) is 1.77. The van der Waals surface area contributed by atoms with Crippen LogP contribution in [-0.2, 0) is 27.5 Å². The van der Waals surface area contributed by atoms with Gasteiger partial charge in [0.25, 0.3) is 5.91 Å². The van der Waals surface area contributed by atoms with Gasteiger partial charge in [-0.05, 0) is 49.0 Å². The fourth-order valence-electron chi connectivity index (χ4n) is 4.35. The van der Waals surface area contributed by atoms with Gasteiger partial charge in [0.05, 0.1) is 17.1 Å². The molecule has 168 valence electrons. The Kier molecular flexibility index (Phi) is 6.97. The monoisotopic (exact) mass is 454 g/mol. The van der Waals surface area contributed by atoms with Crippen molar-refractivity contribution in [2.75, 3.05) is 16.8 Å². The third kappa shape index (κ3) is 5.44. The highest BCUT2D eigenvalue weighted by Gasteiger charge is 2.35. The predicted molar refractivity (Wildman–Crippen MR) is 122 cm³/mol. The number of hydrogen-bond acceptors (Lipinski definition) is 5. The van der Waals surface area contributed by atoms with E-state index >= 15 is 0 Å². The molecule has 1 aliphatic carbocycles. The van der Waals surface area contributed by atoms with Crippen LogP contribution in [0.4, 0.5) is 5.00 Å². The Morgan fingerprint density at radius 1 is 1.20 bits per heavy atom. The van der Waals surface area contributed by atoms with Crippen LogP contribution in [0, 0.1) is 11.3 Å². The van der Waals surface area contributed by atoms with E-state index in [1.165, 1.54) is 16.2 Å². The molecule has 0 saturated carbocycles. The maximum atomic E-state index is 13.2. The molecule has 0 unspecified atom stereocenters. The topological polar surface area (TPSA) is 92.3 Å². The molecule has 8 heteroatoms. The van der Waals surface area contributed by atoms with E-state index in [4.69, 9.17) is 0 Å². The van der Waals surface area contributed by atoms with Gasteiger partial charge in [0, 0.05) is 17.3 Å². The summed E-state index contributed by atoms with van der Waals surface area (Å²) in [6.45, 7) is 8.78. The molecule has 1 aromatic heterocycles. The van der Waals surface area contributed by atoms with Crippen LogP contribution in [-0.4, -0.2) is 37.8 Å². The Labute approximate surface area is 184 Å². The number of thiophene rings is 1. The summed E-state index contributed by atoms with van der Waals surface area (Å²) < 4.78 is 23.6. The third-order valence-corrected chi connectivity index (χ3v) is 9.23. The highest BCUT2D eigenvalue weighted by Crippen LogP contribution is 2.44. The summed E-state index contributed by atoms with van der Waals surface area (Å²) >= 11 is 1.52. The van der Waals surface area contributed by atoms with E-state index in [9.17, 15) is 18.0 Å². The predicted octanol–water partition coefficient (Wildman–Crippen LogP) is 3.94. The first-order valence-corrected chi connectivity index (χ1v) is 13.6. The van der Waals surface area contributed by atoms with E-state index in [0.717, 1.165) is 37.7 Å². The van der Waals surface area contributed by atoms with E-state index in [1.807, 2.05) is 6.92 Å². The van der Waals surface area contributed by atoms with Gasteiger partial charge < -0.3 is 10.6 Å². The highest BCUT2D eigenvalue weighted by atomic mass is 32.2. The fourth-order valence-corrected chi connectivity index (χ4v) is 7.36. The molecule has 2 N–H and O–H groups in total. The number of sulfone groups is 1. The van der Waals surface area contributed by atoms with E-state index in [-0.39, 0.29) is 34.8 Å². The van der Waals surface area contributed by atoms with Gasteiger partial charge in [-0.25, -0.2) is 8.42 Å². The standard InChI is InChI=1S/C22H34N2O4S2/c1-5-6-7-18(25)24-21-19(20(26)23-15-10-11-30(27,28)13-15)16-9-8-14(22(2,3)4)12-17(16)29-21/h14-15H,5-13H2,1-4H3,(H,23,26)(H,24,25)/t14-,15+/m0/s1. The summed E-state index contributed by atoms with van der Waals surface area (Å²) in [7, 11) is -3.07. The molecule has 1 aromatic rings. The molecule has 0 radical (unpaired) electrons. The molecule has 1 fully saturated rings. The van der Waals surface area contributed by atoms with Crippen LogP contribution >= 0.6 is 11.3 Å². The molecule has 2 amide bonds. The number of unbranched alkanes of at least 4 members (excludes halogenated alkanes) is 1. The molecule has 30 heavy (non-hydrogen) atoms. The first-order chi connectivity index (χ1) is 14.0. The summed E-state index contributed by atoms with van der Waals surface area (Å²) in [5.74, 6) is 0.321. The van der Waals surface area contributed by atoms with Crippen molar-refractivity contribution >= 4 is 38.0 Å². The Balaban J connectivity index is 1.86. The zero-order chi connectivity index (χ0) is 22.1. The van der Waals surface area contributed by atoms with Crippen LogP contribution in [0.25, 0.3) is 0 Å². The van der Waals surface area contributed by atoms with E-state index in [1.54, 1.807) is 0 Å². The molecular weight excluding hydrogens is 420 g/mol. The van der Waals surface area contributed by atoms with Gasteiger partial charge in [-0.1, -0.05) is 34.1 Å². The van der Waals surface area contributed by atoms with Crippen LogP contribution in [0.1, 0.15) is 80.6 Å². The highest BCUT2D eigenvalue weighted by molar-refractivity contribution is 7.91. The van der Waals surface area contributed by atoms with Crippen LogP contribution < -0.4 is 10.6 Å². The molecule has 2 aliphatic rings. The normalized spacial score (nSPS) is 23.1. The average molecular weight is 455 g/mol. The lowest BCUT2D eigenvalue weighted by atomic mass is 9.72. The molecule has 0 bridgehead atoms. The molecule has 1 saturated heterocycles. The largest absolute Gasteiger partial charge is 0.348 e. The zero-order valence-electron chi connectivity index (χ0n) is 18.5. The van der Waals surface area contributed by atoms with Gasteiger partial charge in [-0.15, -0.1) is 11.3 Å². The fraction of sp³-hybridized carbons (Fsp3) is 0.727. The van der Waals surface area contributed by atoms with E-state index < -0.39 is 9.84 Å². The first kappa shape index (κ1) is 23.3. The lowest BCUT2D eigenvalue weighted by Crippen LogP contribution is -2.36. The second-order valence-corrected chi connectivity index (χ2v) is 13.1. The number of fused-ring (bicyclic) bond motifs is 1. The summed E-state index contributed by atoms with van der Waals surface area (Å²) in [4.78, 5) is 26.8. The van der Waals surface area contributed by atoms with Crippen molar-refractivity contribution in [3.8, 4) is 0 Å². The lowest BCUT2D eigenvalue weighted by Gasteiger charge is -2.33. The van der Waals surface area contributed by atoms with Gasteiger partial charge in [-0.3, -0.25) is 9.59 Å². The molecule has 6 nitrogen and oxygen atoms in total. The molecule has 2 atom stereocenters. The van der Waals surface area contributed by atoms with Crippen LogP contribution in [0.15, 0.2) is 0 Å². The average Bonchev–Trinajstić information content (AvgIpc) is 3.17. The SMILES string of the molecule is CCCCC(=O)Nc1sc2c(c1C(=O)N[C@@H]1CCS(=O)(=O)C1)CC[C@H](C(C)(C)C)C2. The molecule has 0 spiro atoms. The number of nitrogens with one attached hydrogen (secondary N) is 2. The minimum absolute atomic E-state index is 0.00460. The van der Waals surface area contributed by atoms with Crippen LogP contribution in [0.2, 0.25) is 0 Å². The number of carbonyl (C=O) groups is 2. The van der Waals surface area contributed by atoms with Crippen LogP contribution in [0.3, 0.4) is 0 Å². The Morgan fingerprint density at radius 2 is 1.93 bits per heavy atom. The third-order valence-electron chi connectivity index (χ3n) is 6.30. The second-order valence-electron chi connectivity index (χ2n) is 9.74. The minimum atomic E-state index is -3.07. The van der Waals surface area contributed by atoms with Crippen molar-refractivity contribution in [2.24, 2.45) is 11.3 Å². The van der Waals surface area contributed by atoms with E-state index in [0.29, 0.717) is 29.3 Å². The van der Waals surface area contributed by atoms with Gasteiger partial charge >= 0.3 is 0 Å². The maximum Gasteiger partial charge on any atom is 0.254 e. The van der Waals surface area contributed by atoms with Crippen molar-refractivity contribution in [1.29, 1.82) is 0 Å². The number of carbonyl (C=O) groups excluding carboxylic acids is 2. The molecular formula is C22H34N2O4S2. The van der Waals surface area contributed by atoms with Crippen LogP contribution in [0.5, 0.6) is 0 Å². The Bertz CT molecular complexity index is 912. The Morgan fingerprint density at radius 3 is 2.53 bits per heavy atom. The number of anilines is 1. The summed E-state index contributed by atoms with van der Waals surface area (Å²) in [6.07, 6.45) is 5.36. The first-order valence-electron chi connectivity index (χ1n) is 11.0. The van der Waals surface area contributed by atoms with Gasteiger partial charge in [0.15, 0.2) is 9.84 Å². The van der Waals surface area contributed by atoms with Crippen molar-refractivity contribution in [3.05, 3.63) is 16.0 Å². The number of hydrogen-bond donors (Lipinski definition) is 2.